The van der Waals surface area contributed by atoms with E-state index in [-0.39, 0.29) is 5.56 Å². The van der Waals surface area contributed by atoms with Crippen LogP contribution in [0.2, 0.25) is 5.02 Å². The first-order valence-corrected chi connectivity index (χ1v) is 11.0. The van der Waals surface area contributed by atoms with E-state index in [9.17, 15) is 9.59 Å². The van der Waals surface area contributed by atoms with Gasteiger partial charge in [-0.3, -0.25) is 14.6 Å². The highest BCUT2D eigenvalue weighted by atomic mass is 35.5. The standard InChI is InChI=1S/C19H18N2O.C8H8ClNO/c1-15-10-18(13-20-12-15)11-16-5-7-17(8-6-16)14-21-9-3-2-4-19(21)22;9-8-3-1-2-7(4-8)5-10-6-11/h2-10,12-13H,11,14H2,1H3;1-4,6H,5H2,(H,10,11). The van der Waals surface area contributed by atoms with Gasteiger partial charge in [-0.15, -0.1) is 0 Å². The van der Waals surface area contributed by atoms with Crippen LogP contribution >= 0.6 is 11.6 Å². The van der Waals surface area contributed by atoms with Gasteiger partial charge in [0.25, 0.3) is 5.56 Å². The molecule has 0 saturated heterocycles. The number of amides is 1. The van der Waals surface area contributed by atoms with Crippen molar-refractivity contribution in [1.29, 1.82) is 0 Å². The number of carbonyl (C=O) groups is 1. The molecule has 0 radical (unpaired) electrons. The first-order chi connectivity index (χ1) is 16.0. The summed E-state index contributed by atoms with van der Waals surface area (Å²) in [7, 11) is 0. The maximum atomic E-state index is 11.7. The highest BCUT2D eigenvalue weighted by molar-refractivity contribution is 6.30. The quantitative estimate of drug-likeness (QED) is 0.404. The van der Waals surface area contributed by atoms with Crippen LogP contribution in [0.15, 0.2) is 96.2 Å². The second-order valence-electron chi connectivity index (χ2n) is 7.66. The van der Waals surface area contributed by atoms with Crippen molar-refractivity contribution in [2.24, 2.45) is 0 Å². The molecule has 1 amide bonds. The predicted molar refractivity (Wildman–Crippen MR) is 132 cm³/mol. The van der Waals surface area contributed by atoms with Crippen LogP contribution in [0, 0.1) is 6.92 Å². The third-order valence-electron chi connectivity index (χ3n) is 4.89. The van der Waals surface area contributed by atoms with Crippen molar-refractivity contribution in [2.75, 3.05) is 0 Å². The van der Waals surface area contributed by atoms with E-state index in [1.807, 2.05) is 42.9 Å². The maximum absolute atomic E-state index is 11.7. The van der Waals surface area contributed by atoms with Gasteiger partial charge >= 0.3 is 0 Å². The van der Waals surface area contributed by atoms with Gasteiger partial charge in [0.05, 0.1) is 6.54 Å². The zero-order valence-corrected chi connectivity index (χ0v) is 19.2. The second kappa shape index (κ2) is 12.4. The van der Waals surface area contributed by atoms with Crippen LogP contribution in [0.4, 0.5) is 0 Å². The van der Waals surface area contributed by atoms with E-state index in [4.69, 9.17) is 11.6 Å². The Kier molecular flexibility index (Phi) is 8.98. The number of aromatic nitrogens is 2. The van der Waals surface area contributed by atoms with Gasteiger partial charge in [0.1, 0.15) is 0 Å². The monoisotopic (exact) mass is 459 g/mol. The van der Waals surface area contributed by atoms with E-state index in [1.165, 1.54) is 16.7 Å². The smallest absolute Gasteiger partial charge is 0.250 e. The molecule has 0 aliphatic carbocycles. The van der Waals surface area contributed by atoms with Crippen LogP contribution < -0.4 is 10.9 Å². The summed E-state index contributed by atoms with van der Waals surface area (Å²) in [6.45, 7) is 3.19. The van der Waals surface area contributed by atoms with Gasteiger partial charge in [0, 0.05) is 36.2 Å². The molecule has 0 spiro atoms. The molecule has 168 valence electrons. The van der Waals surface area contributed by atoms with Gasteiger partial charge in [-0.1, -0.05) is 60.1 Å². The molecule has 0 aliphatic heterocycles. The van der Waals surface area contributed by atoms with Gasteiger partial charge in [-0.2, -0.15) is 0 Å². The summed E-state index contributed by atoms with van der Waals surface area (Å²) in [4.78, 5) is 25.9. The number of rotatable bonds is 7. The van der Waals surface area contributed by atoms with Gasteiger partial charge in [0.2, 0.25) is 6.41 Å². The van der Waals surface area contributed by atoms with Crippen LogP contribution in [0.5, 0.6) is 0 Å². The summed E-state index contributed by atoms with van der Waals surface area (Å²) in [6.07, 6.45) is 7.13. The molecular formula is C27H26ClN3O2. The average molecular weight is 460 g/mol. The summed E-state index contributed by atoms with van der Waals surface area (Å²) in [5.41, 5.74) is 5.79. The molecule has 2 aromatic carbocycles. The molecular weight excluding hydrogens is 434 g/mol. The van der Waals surface area contributed by atoms with Crippen molar-refractivity contribution < 1.29 is 4.79 Å². The first-order valence-electron chi connectivity index (χ1n) is 10.6. The normalized spacial score (nSPS) is 10.1. The van der Waals surface area contributed by atoms with Crippen molar-refractivity contribution in [3.8, 4) is 0 Å². The molecule has 5 nitrogen and oxygen atoms in total. The Morgan fingerprint density at radius 1 is 0.909 bits per heavy atom. The minimum atomic E-state index is 0.0254. The number of pyridine rings is 2. The lowest BCUT2D eigenvalue weighted by Crippen LogP contribution is -2.18. The fourth-order valence-corrected chi connectivity index (χ4v) is 3.52. The SMILES string of the molecule is Cc1cncc(Cc2ccc(Cn3ccccc3=O)cc2)c1.O=CNCc1cccc(Cl)c1. The van der Waals surface area contributed by atoms with Crippen molar-refractivity contribution in [3.63, 3.8) is 0 Å². The molecule has 0 atom stereocenters. The third-order valence-corrected chi connectivity index (χ3v) is 5.13. The highest BCUT2D eigenvalue weighted by Crippen LogP contribution is 2.12. The average Bonchev–Trinajstić information content (AvgIpc) is 2.81. The maximum Gasteiger partial charge on any atom is 0.250 e. The topological polar surface area (TPSA) is 64.0 Å². The Hall–Kier alpha value is -3.70. The van der Waals surface area contributed by atoms with E-state index >= 15 is 0 Å². The summed E-state index contributed by atoms with van der Waals surface area (Å²) in [5, 5.41) is 3.24. The van der Waals surface area contributed by atoms with Crippen molar-refractivity contribution in [1.82, 2.24) is 14.9 Å². The van der Waals surface area contributed by atoms with Crippen molar-refractivity contribution in [3.05, 3.63) is 135 Å². The highest BCUT2D eigenvalue weighted by Gasteiger charge is 2.00. The van der Waals surface area contributed by atoms with Gasteiger partial charge < -0.3 is 9.88 Å². The van der Waals surface area contributed by atoms with Crippen LogP contribution in [0.3, 0.4) is 0 Å². The summed E-state index contributed by atoms with van der Waals surface area (Å²) in [6, 6.07) is 23.1. The van der Waals surface area contributed by atoms with E-state index in [0.29, 0.717) is 24.5 Å². The van der Waals surface area contributed by atoms with Crippen LogP contribution in [-0.4, -0.2) is 16.0 Å². The number of hydrogen-bond donors (Lipinski definition) is 1. The zero-order chi connectivity index (χ0) is 23.5. The second-order valence-corrected chi connectivity index (χ2v) is 8.10. The number of nitrogens with one attached hydrogen (secondary N) is 1. The summed E-state index contributed by atoms with van der Waals surface area (Å²) >= 11 is 5.71. The number of nitrogens with zero attached hydrogens (tertiary/aromatic N) is 2. The largest absolute Gasteiger partial charge is 0.355 e. The third kappa shape index (κ3) is 8.05. The predicted octanol–water partition coefficient (Wildman–Crippen LogP) is 4.78. The lowest BCUT2D eigenvalue weighted by atomic mass is 10.0. The van der Waals surface area contributed by atoms with Crippen molar-refractivity contribution in [2.45, 2.75) is 26.4 Å². The summed E-state index contributed by atoms with van der Waals surface area (Å²) in [5.74, 6) is 0. The Morgan fingerprint density at radius 3 is 2.39 bits per heavy atom. The molecule has 4 aromatic rings. The Balaban J connectivity index is 0.000000235. The van der Waals surface area contributed by atoms with Crippen LogP contribution in [0.1, 0.15) is 27.8 Å². The number of benzene rings is 2. The van der Waals surface area contributed by atoms with E-state index in [0.717, 1.165) is 17.5 Å². The molecule has 2 heterocycles. The first kappa shape index (κ1) is 24.0. The van der Waals surface area contributed by atoms with Crippen LogP contribution in [0.25, 0.3) is 0 Å². The molecule has 0 fully saturated rings. The van der Waals surface area contributed by atoms with Crippen LogP contribution in [-0.2, 0) is 24.3 Å². The molecule has 0 unspecified atom stereocenters. The molecule has 33 heavy (non-hydrogen) atoms. The minimum absolute atomic E-state index is 0.0254. The fourth-order valence-electron chi connectivity index (χ4n) is 3.31. The molecule has 0 bridgehead atoms. The van der Waals surface area contributed by atoms with E-state index in [2.05, 4.69) is 47.6 Å². The minimum Gasteiger partial charge on any atom is -0.355 e. The molecule has 1 N–H and O–H groups in total. The van der Waals surface area contributed by atoms with Gasteiger partial charge in [-0.05, 0) is 59.4 Å². The molecule has 6 heteroatoms. The lowest BCUT2D eigenvalue weighted by molar-refractivity contribution is -0.109. The number of halogens is 1. The fraction of sp³-hybridized carbons (Fsp3) is 0.148. The Morgan fingerprint density at radius 2 is 1.70 bits per heavy atom. The summed E-state index contributed by atoms with van der Waals surface area (Å²) < 4.78 is 1.71. The van der Waals surface area contributed by atoms with Crippen molar-refractivity contribution >= 4 is 18.0 Å². The van der Waals surface area contributed by atoms with Gasteiger partial charge in [0.15, 0.2) is 0 Å². The van der Waals surface area contributed by atoms with E-state index in [1.54, 1.807) is 22.8 Å². The molecule has 0 saturated carbocycles. The van der Waals surface area contributed by atoms with E-state index < -0.39 is 0 Å². The molecule has 2 aromatic heterocycles. The lowest BCUT2D eigenvalue weighted by Gasteiger charge is -2.07. The molecule has 4 rings (SSSR count). The Labute approximate surface area is 198 Å². The van der Waals surface area contributed by atoms with Gasteiger partial charge in [-0.25, -0.2) is 0 Å². The number of carbonyl (C=O) groups excluding carboxylic acids is 1. The number of aryl methyl sites for hydroxylation is 1. The number of hydrogen-bond acceptors (Lipinski definition) is 3. The zero-order valence-electron chi connectivity index (χ0n) is 18.4. The Bertz CT molecular complexity index is 1240. The molecule has 0 aliphatic rings.